The van der Waals surface area contributed by atoms with Gasteiger partial charge < -0.3 is 15.9 Å². The maximum absolute atomic E-state index is 13.7. The quantitative estimate of drug-likeness (QED) is 0.435. The lowest BCUT2D eigenvalue weighted by Gasteiger charge is -2.39. The number of nitrogens with two attached hydrogens (primary N) is 2. The summed E-state index contributed by atoms with van der Waals surface area (Å²) in [5.41, 5.74) is 13.0. The Labute approximate surface area is 207 Å². The summed E-state index contributed by atoms with van der Waals surface area (Å²) in [5, 5.41) is -0.498. The summed E-state index contributed by atoms with van der Waals surface area (Å²) < 4.78 is 35.2. The minimum absolute atomic E-state index is 0.0611. The molecule has 1 aliphatic carbocycles. The number of hydrogen-bond acceptors (Lipinski definition) is 6. The number of rotatable bonds is 8. The first-order chi connectivity index (χ1) is 16.4. The van der Waals surface area contributed by atoms with Crippen LogP contribution in [0, 0.1) is 0 Å². The summed E-state index contributed by atoms with van der Waals surface area (Å²) in [6.07, 6.45) is 3.91. The van der Waals surface area contributed by atoms with Crippen LogP contribution in [0.15, 0.2) is 48.5 Å². The number of hydrogen-bond donors (Lipinski definition) is 2. The summed E-state index contributed by atoms with van der Waals surface area (Å²) in [6, 6.07) is 14.8. The molecule has 0 radical (unpaired) electrons. The molecule has 0 bridgehead atoms. The zero-order valence-corrected chi connectivity index (χ0v) is 22.3. The number of carbonyl (C=O) groups is 1. The first kappa shape index (κ1) is 25.4. The van der Waals surface area contributed by atoms with Gasteiger partial charge in [0.1, 0.15) is 5.60 Å². The van der Waals surface area contributed by atoms with E-state index in [-0.39, 0.29) is 12.4 Å². The van der Waals surface area contributed by atoms with Crippen molar-refractivity contribution in [1.29, 1.82) is 0 Å². The highest BCUT2D eigenvalue weighted by atomic mass is 32.2. The van der Waals surface area contributed by atoms with Gasteiger partial charge in [0.25, 0.3) is 0 Å². The standard InChI is InChI=1S/C25H34N4O4SSi/c1-35(2,3)33-25(17-23(26)30,18-10-6-4-7-11-18)19-14-15-21-22(16-19)29(24(27)28-21)34(31,32)20-12-8-5-9-13-20/h4,6-7,10-11,14-16,20H,5,8-9,12-13,17H2,1-3H3,(H2,26,30)(H2,27,28). The van der Waals surface area contributed by atoms with Crippen LogP contribution in [0.4, 0.5) is 5.95 Å². The maximum atomic E-state index is 13.7. The van der Waals surface area contributed by atoms with E-state index in [4.69, 9.17) is 15.9 Å². The second-order valence-electron chi connectivity index (χ2n) is 10.3. The van der Waals surface area contributed by atoms with Crippen LogP contribution >= 0.6 is 0 Å². The summed E-state index contributed by atoms with van der Waals surface area (Å²) in [6.45, 7) is 6.12. The molecule has 35 heavy (non-hydrogen) atoms. The van der Waals surface area contributed by atoms with E-state index in [2.05, 4.69) is 4.98 Å². The van der Waals surface area contributed by atoms with Gasteiger partial charge in [0.2, 0.25) is 21.9 Å². The molecule has 8 nitrogen and oxygen atoms in total. The van der Waals surface area contributed by atoms with Crippen molar-refractivity contribution in [1.82, 2.24) is 8.96 Å². The Morgan fingerprint density at radius 2 is 1.74 bits per heavy atom. The van der Waals surface area contributed by atoms with Crippen molar-refractivity contribution >= 4 is 41.2 Å². The molecule has 0 saturated heterocycles. The van der Waals surface area contributed by atoms with Crippen molar-refractivity contribution in [2.75, 3.05) is 5.73 Å². The molecular formula is C25H34N4O4SSi. The fourth-order valence-electron chi connectivity index (χ4n) is 5.10. The van der Waals surface area contributed by atoms with Crippen molar-refractivity contribution in [3.63, 3.8) is 0 Å². The van der Waals surface area contributed by atoms with Crippen LogP contribution in [0.25, 0.3) is 11.0 Å². The third-order valence-electron chi connectivity index (χ3n) is 6.48. The highest BCUT2D eigenvalue weighted by molar-refractivity contribution is 7.90. The van der Waals surface area contributed by atoms with Gasteiger partial charge in [0.05, 0.1) is 22.7 Å². The van der Waals surface area contributed by atoms with Gasteiger partial charge in [0.15, 0.2) is 8.32 Å². The lowest BCUT2D eigenvalue weighted by molar-refractivity contribution is -0.121. The van der Waals surface area contributed by atoms with Crippen molar-refractivity contribution in [2.45, 2.75) is 69.0 Å². The van der Waals surface area contributed by atoms with E-state index >= 15 is 0 Å². The van der Waals surface area contributed by atoms with Gasteiger partial charge >= 0.3 is 0 Å². The summed E-state index contributed by atoms with van der Waals surface area (Å²) in [7, 11) is -5.99. The number of nitrogen functional groups attached to an aromatic ring is 1. The number of carbonyl (C=O) groups excluding carboxylic acids is 1. The van der Waals surface area contributed by atoms with E-state index in [0.29, 0.717) is 29.4 Å². The molecule has 0 aliphatic heterocycles. The van der Waals surface area contributed by atoms with Gasteiger partial charge in [-0.2, -0.15) is 0 Å². The largest absolute Gasteiger partial charge is 0.404 e. The molecule has 1 fully saturated rings. The lowest BCUT2D eigenvalue weighted by Crippen LogP contribution is -2.44. The molecule has 1 heterocycles. The Morgan fingerprint density at radius 3 is 2.34 bits per heavy atom. The zero-order valence-electron chi connectivity index (χ0n) is 20.5. The molecule has 1 unspecified atom stereocenters. The van der Waals surface area contributed by atoms with Crippen LogP contribution < -0.4 is 11.5 Å². The Morgan fingerprint density at radius 1 is 1.09 bits per heavy atom. The molecule has 2 aromatic carbocycles. The van der Waals surface area contributed by atoms with Crippen molar-refractivity contribution in [3.05, 3.63) is 59.7 Å². The Balaban J connectivity index is 1.97. The normalized spacial score (nSPS) is 17.3. The summed E-state index contributed by atoms with van der Waals surface area (Å²) in [5.74, 6) is -0.580. The van der Waals surface area contributed by atoms with Gasteiger partial charge in [0, 0.05) is 0 Å². The van der Waals surface area contributed by atoms with E-state index < -0.39 is 35.1 Å². The van der Waals surface area contributed by atoms with Crippen LogP contribution in [0.2, 0.25) is 19.6 Å². The van der Waals surface area contributed by atoms with Crippen LogP contribution in [-0.4, -0.2) is 36.8 Å². The molecule has 3 aromatic rings. The lowest BCUT2D eigenvalue weighted by atomic mass is 9.83. The molecule has 4 N–H and O–H groups in total. The van der Waals surface area contributed by atoms with Crippen molar-refractivity contribution in [2.24, 2.45) is 5.73 Å². The van der Waals surface area contributed by atoms with Crippen LogP contribution in [0.3, 0.4) is 0 Å². The molecule has 1 saturated carbocycles. The van der Waals surface area contributed by atoms with Crippen LogP contribution in [-0.2, 0) is 24.8 Å². The number of fused-ring (bicyclic) bond motifs is 1. The predicted octanol–water partition coefficient (Wildman–Crippen LogP) is 4.10. The van der Waals surface area contributed by atoms with E-state index in [0.717, 1.165) is 24.8 Å². The Kier molecular flexibility index (Phi) is 6.82. The van der Waals surface area contributed by atoms with Crippen LogP contribution in [0.5, 0.6) is 0 Å². The van der Waals surface area contributed by atoms with Crippen molar-refractivity contribution in [3.8, 4) is 0 Å². The first-order valence-corrected chi connectivity index (χ1v) is 16.9. The highest BCUT2D eigenvalue weighted by Crippen LogP contribution is 2.41. The molecule has 1 aromatic heterocycles. The topological polar surface area (TPSA) is 130 Å². The average molecular weight is 515 g/mol. The predicted molar refractivity (Wildman–Crippen MR) is 141 cm³/mol. The van der Waals surface area contributed by atoms with E-state index in [9.17, 15) is 13.2 Å². The van der Waals surface area contributed by atoms with Gasteiger partial charge in [-0.15, -0.1) is 0 Å². The zero-order chi connectivity index (χ0) is 25.4. The number of nitrogens with zero attached hydrogens (tertiary/aromatic N) is 2. The first-order valence-electron chi connectivity index (χ1n) is 12.0. The number of benzene rings is 2. The monoisotopic (exact) mass is 514 g/mol. The molecule has 4 rings (SSSR count). The number of amides is 1. The number of aromatic nitrogens is 2. The minimum Gasteiger partial charge on any atom is -0.404 e. The molecule has 188 valence electrons. The van der Waals surface area contributed by atoms with E-state index in [1.165, 1.54) is 3.97 Å². The maximum Gasteiger partial charge on any atom is 0.244 e. The fourth-order valence-corrected chi connectivity index (χ4v) is 8.41. The van der Waals surface area contributed by atoms with Gasteiger partial charge in [-0.25, -0.2) is 17.4 Å². The Bertz CT molecular complexity index is 1330. The van der Waals surface area contributed by atoms with Gasteiger partial charge in [-0.3, -0.25) is 4.79 Å². The number of anilines is 1. The molecule has 0 spiro atoms. The SMILES string of the molecule is C[Si](C)(C)OC(CC(N)=O)(c1ccccc1)c1ccc2nc(N)n(S(=O)(=O)C3CCCCC3)c2c1. The minimum atomic E-state index is -3.76. The van der Waals surface area contributed by atoms with Crippen molar-refractivity contribution < 1.29 is 17.6 Å². The summed E-state index contributed by atoms with van der Waals surface area (Å²) >= 11 is 0. The average Bonchev–Trinajstić information content (AvgIpc) is 3.14. The molecule has 10 heteroatoms. The molecule has 1 atom stereocenters. The van der Waals surface area contributed by atoms with E-state index in [1.807, 2.05) is 56.0 Å². The molecular weight excluding hydrogens is 480 g/mol. The highest BCUT2D eigenvalue weighted by Gasteiger charge is 2.42. The fraction of sp³-hybridized carbons (Fsp3) is 0.440. The Hall–Kier alpha value is -2.69. The molecule has 1 aliphatic rings. The van der Waals surface area contributed by atoms with Gasteiger partial charge in [-0.05, 0) is 55.7 Å². The summed E-state index contributed by atoms with van der Waals surface area (Å²) in [4.78, 5) is 16.7. The smallest absolute Gasteiger partial charge is 0.244 e. The van der Waals surface area contributed by atoms with Gasteiger partial charge in [-0.1, -0.05) is 55.7 Å². The number of imidazole rings is 1. The number of primary amides is 1. The third-order valence-corrected chi connectivity index (χ3v) is 9.64. The second kappa shape index (κ2) is 9.40. The molecule has 1 amide bonds. The van der Waals surface area contributed by atoms with E-state index in [1.54, 1.807) is 12.1 Å². The third kappa shape index (κ3) is 5.00. The van der Waals surface area contributed by atoms with Crippen LogP contribution in [0.1, 0.15) is 49.7 Å². The second-order valence-corrected chi connectivity index (χ2v) is 16.8.